The van der Waals surface area contributed by atoms with Crippen molar-refractivity contribution < 1.29 is 24.0 Å². The molecule has 0 fully saturated rings. The molecule has 2 aromatic rings. The van der Waals surface area contributed by atoms with Gasteiger partial charge in [-0.05, 0) is 11.6 Å². The Labute approximate surface area is 147 Å². The summed E-state index contributed by atoms with van der Waals surface area (Å²) in [6.07, 6.45) is -0.992. The highest BCUT2D eigenvalue weighted by Gasteiger charge is 2.30. The predicted octanol–water partition coefficient (Wildman–Crippen LogP) is 3.52. The van der Waals surface area contributed by atoms with Crippen LogP contribution in [0.1, 0.15) is 5.56 Å². The van der Waals surface area contributed by atoms with Crippen molar-refractivity contribution in [1.82, 2.24) is 0 Å². The summed E-state index contributed by atoms with van der Waals surface area (Å²) in [7, 11) is 0. The van der Waals surface area contributed by atoms with Crippen LogP contribution in [0.15, 0.2) is 42.5 Å². The standard InChI is InChI=1S/C16H14ClFN2O5/c17-14-12(18)6-7-13(20(23)24)15(14)19(8-9-21)16(22)25-10-11-4-2-1-3-5-11/h1-7,21H,8-10H2. The van der Waals surface area contributed by atoms with Crippen LogP contribution in [0.2, 0.25) is 5.02 Å². The number of aliphatic hydroxyl groups excluding tert-OH is 1. The van der Waals surface area contributed by atoms with Crippen LogP contribution in [0.4, 0.5) is 20.6 Å². The first-order valence-electron chi connectivity index (χ1n) is 7.17. The van der Waals surface area contributed by atoms with Crippen molar-refractivity contribution in [2.45, 2.75) is 6.61 Å². The van der Waals surface area contributed by atoms with Crippen molar-refractivity contribution in [1.29, 1.82) is 0 Å². The molecule has 0 saturated heterocycles. The number of halogens is 2. The van der Waals surface area contributed by atoms with Gasteiger partial charge < -0.3 is 9.84 Å². The molecule has 9 heteroatoms. The second-order valence-corrected chi connectivity index (χ2v) is 5.28. The van der Waals surface area contributed by atoms with E-state index in [0.29, 0.717) is 5.56 Å². The summed E-state index contributed by atoms with van der Waals surface area (Å²) in [6, 6.07) is 10.5. The molecule has 1 N–H and O–H groups in total. The first-order valence-corrected chi connectivity index (χ1v) is 7.55. The SMILES string of the molecule is O=C(OCc1ccccc1)N(CCO)c1c([N+](=O)[O-])ccc(F)c1Cl. The molecule has 0 aliphatic heterocycles. The number of carbonyl (C=O) groups excluding carboxylic acids is 1. The number of anilines is 1. The van der Waals surface area contributed by atoms with E-state index >= 15 is 0 Å². The number of aliphatic hydroxyl groups is 1. The summed E-state index contributed by atoms with van der Waals surface area (Å²) < 4.78 is 18.8. The van der Waals surface area contributed by atoms with Gasteiger partial charge in [-0.3, -0.25) is 15.0 Å². The molecule has 0 aliphatic rings. The second kappa shape index (κ2) is 8.41. The Balaban J connectivity index is 2.32. The maximum Gasteiger partial charge on any atom is 0.414 e. The van der Waals surface area contributed by atoms with E-state index in [1.165, 1.54) is 0 Å². The predicted molar refractivity (Wildman–Crippen MR) is 89.1 cm³/mol. The van der Waals surface area contributed by atoms with Crippen molar-refractivity contribution in [3.8, 4) is 0 Å². The fraction of sp³-hybridized carbons (Fsp3) is 0.188. The first kappa shape index (κ1) is 18.6. The second-order valence-electron chi connectivity index (χ2n) is 4.90. The fourth-order valence-electron chi connectivity index (χ4n) is 2.13. The van der Waals surface area contributed by atoms with Crippen LogP contribution in [0.3, 0.4) is 0 Å². The highest BCUT2D eigenvalue weighted by Crippen LogP contribution is 2.37. The molecule has 0 atom stereocenters. The molecule has 2 rings (SSSR count). The highest BCUT2D eigenvalue weighted by atomic mass is 35.5. The lowest BCUT2D eigenvalue weighted by atomic mass is 10.2. The lowest BCUT2D eigenvalue weighted by Gasteiger charge is -2.22. The zero-order chi connectivity index (χ0) is 18.4. The molecule has 0 unspecified atom stereocenters. The van der Waals surface area contributed by atoms with E-state index in [0.717, 1.165) is 17.0 Å². The van der Waals surface area contributed by atoms with Gasteiger partial charge in [-0.2, -0.15) is 0 Å². The molecule has 0 aliphatic carbocycles. The van der Waals surface area contributed by atoms with Crippen LogP contribution in [0.5, 0.6) is 0 Å². The van der Waals surface area contributed by atoms with Gasteiger partial charge in [0.2, 0.25) is 0 Å². The molecule has 0 spiro atoms. The van der Waals surface area contributed by atoms with Gasteiger partial charge in [-0.15, -0.1) is 0 Å². The lowest BCUT2D eigenvalue weighted by molar-refractivity contribution is -0.384. The molecule has 0 saturated carbocycles. The van der Waals surface area contributed by atoms with Gasteiger partial charge >= 0.3 is 6.09 Å². The van der Waals surface area contributed by atoms with E-state index in [4.69, 9.17) is 21.4 Å². The van der Waals surface area contributed by atoms with Crippen LogP contribution in [-0.4, -0.2) is 29.3 Å². The zero-order valence-corrected chi connectivity index (χ0v) is 13.6. The largest absolute Gasteiger partial charge is 0.444 e. The van der Waals surface area contributed by atoms with Gasteiger partial charge in [0.15, 0.2) is 0 Å². The number of nitrogens with zero attached hydrogens (tertiary/aromatic N) is 2. The van der Waals surface area contributed by atoms with Gasteiger partial charge in [-0.25, -0.2) is 9.18 Å². The number of ether oxygens (including phenoxy) is 1. The summed E-state index contributed by atoms with van der Waals surface area (Å²) >= 11 is 5.82. The van der Waals surface area contributed by atoms with Crippen molar-refractivity contribution in [2.75, 3.05) is 18.1 Å². The van der Waals surface area contributed by atoms with Crippen LogP contribution in [-0.2, 0) is 11.3 Å². The van der Waals surface area contributed by atoms with E-state index in [2.05, 4.69) is 0 Å². The minimum Gasteiger partial charge on any atom is -0.444 e. The van der Waals surface area contributed by atoms with Crippen molar-refractivity contribution >= 4 is 29.1 Å². The third kappa shape index (κ3) is 4.43. The number of amides is 1. The van der Waals surface area contributed by atoms with Crippen LogP contribution in [0.25, 0.3) is 0 Å². The summed E-state index contributed by atoms with van der Waals surface area (Å²) in [6.45, 7) is -0.968. The molecule has 0 heterocycles. The molecular formula is C16H14ClFN2O5. The number of benzene rings is 2. The Kier molecular flexibility index (Phi) is 6.26. The molecule has 0 radical (unpaired) electrons. The Morgan fingerprint density at radius 2 is 1.96 bits per heavy atom. The molecule has 2 aromatic carbocycles. The highest BCUT2D eigenvalue weighted by molar-refractivity contribution is 6.34. The van der Waals surface area contributed by atoms with Crippen LogP contribution >= 0.6 is 11.6 Å². The summed E-state index contributed by atoms with van der Waals surface area (Å²) in [5.74, 6) is -0.930. The van der Waals surface area contributed by atoms with Crippen molar-refractivity contribution in [3.63, 3.8) is 0 Å². The number of hydrogen-bond acceptors (Lipinski definition) is 5. The molecule has 0 bridgehead atoms. The average Bonchev–Trinajstić information content (AvgIpc) is 2.61. The Hall–Kier alpha value is -2.71. The number of carbonyl (C=O) groups is 1. The Morgan fingerprint density at radius 3 is 2.56 bits per heavy atom. The number of nitro groups is 1. The third-order valence-corrected chi connectivity index (χ3v) is 3.62. The monoisotopic (exact) mass is 368 g/mol. The van der Waals surface area contributed by atoms with Crippen molar-refractivity contribution in [2.24, 2.45) is 0 Å². The minimum absolute atomic E-state index is 0.0949. The maximum atomic E-state index is 13.7. The minimum atomic E-state index is -0.992. The normalized spacial score (nSPS) is 10.4. The van der Waals surface area contributed by atoms with Crippen molar-refractivity contribution in [3.05, 3.63) is 69.0 Å². The Bertz CT molecular complexity index is 773. The van der Waals surface area contributed by atoms with E-state index in [9.17, 15) is 19.3 Å². The molecule has 25 heavy (non-hydrogen) atoms. The molecule has 0 aromatic heterocycles. The topological polar surface area (TPSA) is 92.9 Å². The fourth-order valence-corrected chi connectivity index (χ4v) is 2.39. The van der Waals surface area contributed by atoms with Gasteiger partial charge in [-0.1, -0.05) is 41.9 Å². The van der Waals surface area contributed by atoms with E-state index in [-0.39, 0.29) is 13.2 Å². The van der Waals surface area contributed by atoms with E-state index < -0.39 is 39.8 Å². The summed E-state index contributed by atoms with van der Waals surface area (Å²) in [5, 5.41) is 19.7. The summed E-state index contributed by atoms with van der Waals surface area (Å²) in [5.41, 5.74) is -0.338. The van der Waals surface area contributed by atoms with E-state index in [1.54, 1.807) is 30.3 Å². The average molecular weight is 369 g/mol. The maximum absolute atomic E-state index is 13.7. The lowest BCUT2D eigenvalue weighted by Crippen LogP contribution is -2.35. The van der Waals surface area contributed by atoms with Gasteiger partial charge in [0.25, 0.3) is 5.69 Å². The van der Waals surface area contributed by atoms with Gasteiger partial charge in [0.05, 0.1) is 18.1 Å². The molecular weight excluding hydrogens is 355 g/mol. The first-order chi connectivity index (χ1) is 12.0. The Morgan fingerprint density at radius 1 is 1.28 bits per heavy atom. The quantitative estimate of drug-likeness (QED) is 0.622. The molecule has 1 amide bonds. The number of rotatable bonds is 6. The van der Waals surface area contributed by atoms with Gasteiger partial charge in [0, 0.05) is 6.07 Å². The third-order valence-electron chi connectivity index (χ3n) is 3.26. The molecule has 7 nitrogen and oxygen atoms in total. The number of hydrogen-bond donors (Lipinski definition) is 1. The number of nitro benzene ring substituents is 1. The van der Waals surface area contributed by atoms with E-state index in [1.807, 2.05) is 0 Å². The van der Waals surface area contributed by atoms with Gasteiger partial charge in [0.1, 0.15) is 23.1 Å². The smallest absolute Gasteiger partial charge is 0.414 e. The van der Waals surface area contributed by atoms with Crippen LogP contribution < -0.4 is 4.90 Å². The summed E-state index contributed by atoms with van der Waals surface area (Å²) in [4.78, 5) is 23.5. The zero-order valence-electron chi connectivity index (χ0n) is 12.9. The van der Waals surface area contributed by atoms with Crippen LogP contribution in [0, 0.1) is 15.9 Å². The molecule has 132 valence electrons.